The van der Waals surface area contributed by atoms with Gasteiger partial charge in [0.05, 0.1) is 16.5 Å². The minimum Gasteiger partial charge on any atom is -0.212 e. The van der Waals surface area contributed by atoms with Crippen LogP contribution in [0.5, 0.6) is 0 Å². The van der Waals surface area contributed by atoms with Crippen LogP contribution < -0.4 is 4.72 Å². The molecule has 1 saturated heterocycles. The average Bonchev–Trinajstić information content (AvgIpc) is 2.54. The largest absolute Gasteiger partial charge is 0.216 e. The Bertz CT molecular complexity index is 703. The summed E-state index contributed by atoms with van der Waals surface area (Å²) in [5.74, 6) is 2.36. The van der Waals surface area contributed by atoms with Gasteiger partial charge >= 0.3 is 0 Å². The molecular formula is C20H35NO2S3Si. The van der Waals surface area contributed by atoms with E-state index in [1.54, 1.807) is 20.8 Å². The van der Waals surface area contributed by atoms with Crippen molar-refractivity contribution in [1.29, 1.82) is 0 Å². The molecule has 1 aliphatic rings. The molecule has 1 atom stereocenters. The Hall–Kier alpha value is 0.0469. The summed E-state index contributed by atoms with van der Waals surface area (Å²) in [6, 6.07) is 10.2. The van der Waals surface area contributed by atoms with E-state index in [9.17, 15) is 8.42 Å². The standard InChI is InChI=1S/C20H35NO2S3Si/c1-19(2,3)26(22,23)21-18(15-17-11-8-7-9-12-17)16-20(27(4,5)6)24-13-10-14-25-20/h7-9,11-12,18,21H,10,13-16H2,1-6H3. The minimum absolute atomic E-state index is 0.0820. The molecule has 0 saturated carbocycles. The first-order valence-electron chi connectivity index (χ1n) is 9.70. The molecule has 0 aromatic heterocycles. The molecule has 1 fully saturated rings. The van der Waals surface area contributed by atoms with E-state index < -0.39 is 22.8 Å². The molecule has 2 rings (SSSR count). The summed E-state index contributed by atoms with van der Waals surface area (Å²) in [5.41, 5.74) is 1.19. The molecule has 1 aromatic rings. The maximum Gasteiger partial charge on any atom is 0.216 e. The zero-order chi connectivity index (χ0) is 20.3. The summed E-state index contributed by atoms with van der Waals surface area (Å²) in [7, 11) is -4.91. The van der Waals surface area contributed by atoms with Gasteiger partial charge in [-0.25, -0.2) is 13.1 Å². The summed E-state index contributed by atoms with van der Waals surface area (Å²) in [6.45, 7) is 12.6. The third kappa shape index (κ3) is 6.01. The number of rotatable bonds is 7. The highest BCUT2D eigenvalue weighted by molar-refractivity contribution is 8.21. The first-order valence-corrected chi connectivity index (χ1v) is 16.7. The lowest BCUT2D eigenvalue weighted by atomic mass is 10.0. The number of benzene rings is 1. The molecule has 27 heavy (non-hydrogen) atoms. The van der Waals surface area contributed by atoms with Crippen LogP contribution in [0.2, 0.25) is 19.6 Å². The fourth-order valence-electron chi connectivity index (χ4n) is 3.21. The number of sulfonamides is 1. The Kier molecular flexibility index (Phi) is 7.62. The Labute approximate surface area is 175 Å². The van der Waals surface area contributed by atoms with Gasteiger partial charge in [0.25, 0.3) is 0 Å². The third-order valence-electron chi connectivity index (χ3n) is 5.07. The van der Waals surface area contributed by atoms with Gasteiger partial charge in [-0.1, -0.05) is 50.0 Å². The SMILES string of the molecule is CC(C)(C)S(=O)(=O)NC(Cc1ccccc1)CC1([Si](C)(C)C)SCCCS1. The van der Waals surface area contributed by atoms with E-state index in [0.717, 1.165) is 12.8 Å². The molecule has 0 spiro atoms. The maximum absolute atomic E-state index is 12.9. The second-order valence-corrected chi connectivity index (χ2v) is 21.0. The predicted molar refractivity (Wildman–Crippen MR) is 126 cm³/mol. The Morgan fingerprint density at radius 2 is 1.67 bits per heavy atom. The van der Waals surface area contributed by atoms with Crippen LogP contribution in [0.4, 0.5) is 0 Å². The molecule has 1 heterocycles. The summed E-state index contributed by atoms with van der Waals surface area (Å²) >= 11 is 4.16. The summed E-state index contributed by atoms with van der Waals surface area (Å²) in [5, 5.41) is 0. The lowest BCUT2D eigenvalue weighted by Crippen LogP contribution is -2.54. The van der Waals surface area contributed by atoms with Crippen molar-refractivity contribution in [3.05, 3.63) is 35.9 Å². The highest BCUT2D eigenvalue weighted by atomic mass is 32.2. The van der Waals surface area contributed by atoms with Gasteiger partial charge < -0.3 is 0 Å². The van der Waals surface area contributed by atoms with E-state index in [-0.39, 0.29) is 9.74 Å². The molecule has 1 N–H and O–H groups in total. The lowest BCUT2D eigenvalue weighted by molar-refractivity contribution is 0.503. The third-order valence-corrected chi connectivity index (χ3v) is 17.3. The molecule has 0 bridgehead atoms. The van der Waals surface area contributed by atoms with Gasteiger partial charge in [0.15, 0.2) is 0 Å². The van der Waals surface area contributed by atoms with Crippen molar-refractivity contribution in [1.82, 2.24) is 4.72 Å². The molecule has 0 radical (unpaired) electrons. The molecule has 1 aromatic carbocycles. The Morgan fingerprint density at radius 1 is 1.11 bits per heavy atom. The number of thioether (sulfide) groups is 2. The van der Waals surface area contributed by atoms with E-state index in [1.165, 1.54) is 23.5 Å². The Balaban J connectivity index is 2.33. The fraction of sp³-hybridized carbons (Fsp3) is 0.700. The highest BCUT2D eigenvalue weighted by Crippen LogP contribution is 2.51. The van der Waals surface area contributed by atoms with Crippen molar-refractivity contribution in [3.8, 4) is 0 Å². The quantitative estimate of drug-likeness (QED) is 0.590. The zero-order valence-corrected chi connectivity index (χ0v) is 21.0. The Morgan fingerprint density at radius 3 is 2.15 bits per heavy atom. The summed E-state index contributed by atoms with van der Waals surface area (Å²) in [4.78, 5) is 0. The molecule has 154 valence electrons. The van der Waals surface area contributed by atoms with E-state index in [4.69, 9.17) is 0 Å². The normalized spacial score (nSPS) is 19.6. The van der Waals surface area contributed by atoms with E-state index in [1.807, 2.05) is 18.2 Å². The van der Waals surface area contributed by atoms with Crippen molar-refractivity contribution < 1.29 is 8.42 Å². The van der Waals surface area contributed by atoms with Crippen LogP contribution in [0.25, 0.3) is 0 Å². The van der Waals surface area contributed by atoms with Crippen LogP contribution >= 0.6 is 23.5 Å². The molecular weight excluding hydrogens is 411 g/mol. The first-order chi connectivity index (χ1) is 12.4. The van der Waals surface area contributed by atoms with Crippen LogP contribution in [0.15, 0.2) is 30.3 Å². The summed E-state index contributed by atoms with van der Waals surface area (Å²) in [6.07, 6.45) is 2.88. The number of nitrogens with one attached hydrogen (secondary N) is 1. The van der Waals surface area contributed by atoms with E-state index >= 15 is 0 Å². The van der Waals surface area contributed by atoms with Gasteiger partial charge in [-0.3, -0.25) is 0 Å². The van der Waals surface area contributed by atoms with Crippen molar-refractivity contribution in [2.24, 2.45) is 0 Å². The predicted octanol–water partition coefficient (Wildman–Crippen LogP) is 5.15. The van der Waals surface area contributed by atoms with Crippen LogP contribution in [-0.2, 0) is 16.4 Å². The number of hydrogen-bond acceptors (Lipinski definition) is 4. The van der Waals surface area contributed by atoms with E-state index in [2.05, 4.69) is 60.0 Å². The minimum atomic E-state index is -3.39. The zero-order valence-electron chi connectivity index (χ0n) is 17.5. The van der Waals surface area contributed by atoms with Gasteiger partial charge in [0.2, 0.25) is 10.0 Å². The molecule has 1 unspecified atom stereocenters. The maximum atomic E-state index is 12.9. The lowest BCUT2D eigenvalue weighted by Gasteiger charge is -2.47. The van der Waals surface area contributed by atoms with E-state index in [0.29, 0.717) is 0 Å². The van der Waals surface area contributed by atoms with Gasteiger partial charge in [0, 0.05) is 6.04 Å². The molecule has 0 aliphatic carbocycles. The van der Waals surface area contributed by atoms with Gasteiger partial charge in [0.1, 0.15) is 0 Å². The van der Waals surface area contributed by atoms with Crippen molar-refractivity contribution >= 4 is 41.6 Å². The average molecular weight is 446 g/mol. The summed E-state index contributed by atoms with van der Waals surface area (Å²) < 4.78 is 28.3. The fourth-order valence-corrected chi connectivity index (χ4v) is 12.0. The second kappa shape index (κ2) is 8.82. The highest BCUT2D eigenvalue weighted by Gasteiger charge is 2.47. The van der Waals surface area contributed by atoms with Crippen LogP contribution in [0, 0.1) is 0 Å². The van der Waals surface area contributed by atoms with Gasteiger partial charge in [-0.15, -0.1) is 23.5 Å². The van der Waals surface area contributed by atoms with Gasteiger partial charge in [-0.05, 0) is 57.1 Å². The van der Waals surface area contributed by atoms with Gasteiger partial charge in [-0.2, -0.15) is 0 Å². The topological polar surface area (TPSA) is 46.2 Å². The van der Waals surface area contributed by atoms with Crippen molar-refractivity contribution in [2.45, 2.75) is 74.2 Å². The smallest absolute Gasteiger partial charge is 0.212 e. The molecule has 0 amide bonds. The van der Waals surface area contributed by atoms with Crippen LogP contribution in [0.1, 0.15) is 39.2 Å². The molecule has 3 nitrogen and oxygen atoms in total. The van der Waals surface area contributed by atoms with Crippen molar-refractivity contribution in [3.63, 3.8) is 0 Å². The number of hydrogen-bond donors (Lipinski definition) is 1. The van der Waals surface area contributed by atoms with Crippen LogP contribution in [0.3, 0.4) is 0 Å². The van der Waals surface area contributed by atoms with Crippen LogP contribution in [-0.4, -0.2) is 42.5 Å². The molecule has 7 heteroatoms. The molecule has 1 aliphatic heterocycles. The first kappa shape index (κ1) is 23.3. The monoisotopic (exact) mass is 445 g/mol. The second-order valence-electron chi connectivity index (χ2n) is 9.38. The van der Waals surface area contributed by atoms with Crippen molar-refractivity contribution in [2.75, 3.05) is 11.5 Å².